The van der Waals surface area contributed by atoms with Gasteiger partial charge in [-0.15, -0.1) is 0 Å². The van der Waals surface area contributed by atoms with Gasteiger partial charge in [0, 0.05) is 12.6 Å². The lowest BCUT2D eigenvalue weighted by atomic mass is 10.0. The van der Waals surface area contributed by atoms with Crippen LogP contribution in [0.4, 0.5) is 0 Å². The van der Waals surface area contributed by atoms with Crippen molar-refractivity contribution in [2.75, 3.05) is 20.7 Å². The number of ether oxygens (including phenoxy) is 1. The van der Waals surface area contributed by atoms with Crippen LogP contribution < -0.4 is 10.5 Å². The van der Waals surface area contributed by atoms with Gasteiger partial charge >= 0.3 is 0 Å². The first kappa shape index (κ1) is 15.8. The number of nitrogens with zero attached hydrogens (tertiary/aromatic N) is 1. The topological polar surface area (TPSA) is 58.7 Å². The molecule has 3 N–H and O–H groups in total. The molecule has 1 unspecified atom stereocenters. The maximum absolute atomic E-state index is 9.55. The van der Waals surface area contributed by atoms with Gasteiger partial charge in [-0.25, -0.2) is 0 Å². The van der Waals surface area contributed by atoms with Crippen LogP contribution in [0, 0.1) is 5.92 Å². The van der Waals surface area contributed by atoms with Crippen molar-refractivity contribution in [1.82, 2.24) is 4.90 Å². The third kappa shape index (κ3) is 5.09. The van der Waals surface area contributed by atoms with E-state index < -0.39 is 0 Å². The van der Waals surface area contributed by atoms with Gasteiger partial charge in [0.2, 0.25) is 0 Å². The highest BCUT2D eigenvalue weighted by Gasteiger charge is 2.10. The molecule has 0 fully saturated rings. The minimum atomic E-state index is 0.177. The van der Waals surface area contributed by atoms with Crippen LogP contribution in [0.15, 0.2) is 18.2 Å². The van der Waals surface area contributed by atoms with E-state index in [0.717, 1.165) is 25.1 Å². The predicted molar refractivity (Wildman–Crippen MR) is 78.4 cm³/mol. The number of phenolic OH excluding ortho intramolecular Hbond substituents is 1. The minimum Gasteiger partial charge on any atom is -0.504 e. The molecule has 1 aromatic rings. The molecule has 0 bridgehead atoms. The molecule has 0 aliphatic carbocycles. The van der Waals surface area contributed by atoms with Gasteiger partial charge in [0.25, 0.3) is 0 Å². The van der Waals surface area contributed by atoms with Gasteiger partial charge in [-0.2, -0.15) is 0 Å². The number of rotatable bonds is 7. The second-order valence-corrected chi connectivity index (χ2v) is 5.44. The van der Waals surface area contributed by atoms with Crippen molar-refractivity contribution >= 4 is 0 Å². The van der Waals surface area contributed by atoms with Crippen LogP contribution in [0.5, 0.6) is 11.5 Å². The summed E-state index contributed by atoms with van der Waals surface area (Å²) in [6.45, 7) is 6.08. The number of hydrogen-bond acceptors (Lipinski definition) is 4. The van der Waals surface area contributed by atoms with Crippen LogP contribution in [0.1, 0.15) is 25.8 Å². The van der Waals surface area contributed by atoms with E-state index in [0.29, 0.717) is 11.7 Å². The molecule has 1 aromatic carbocycles. The molecule has 0 saturated heterocycles. The Hall–Kier alpha value is -1.26. The van der Waals surface area contributed by atoms with Crippen LogP contribution >= 0.6 is 0 Å². The largest absolute Gasteiger partial charge is 0.504 e. The first-order chi connectivity index (χ1) is 8.93. The monoisotopic (exact) mass is 266 g/mol. The van der Waals surface area contributed by atoms with Crippen LogP contribution in [0.25, 0.3) is 0 Å². The van der Waals surface area contributed by atoms with E-state index in [4.69, 9.17) is 10.5 Å². The molecular formula is C15H26N2O2. The van der Waals surface area contributed by atoms with Gasteiger partial charge in [0.15, 0.2) is 11.5 Å². The Bertz CT molecular complexity index is 394. The molecule has 0 radical (unpaired) electrons. The molecule has 4 heteroatoms. The van der Waals surface area contributed by atoms with E-state index >= 15 is 0 Å². The van der Waals surface area contributed by atoms with Crippen molar-refractivity contribution in [3.8, 4) is 11.5 Å². The highest BCUT2D eigenvalue weighted by molar-refractivity contribution is 5.41. The summed E-state index contributed by atoms with van der Waals surface area (Å²) in [7, 11) is 3.64. The van der Waals surface area contributed by atoms with Gasteiger partial charge in [0.05, 0.1) is 7.11 Å². The minimum absolute atomic E-state index is 0.177. The summed E-state index contributed by atoms with van der Waals surface area (Å²) in [6.07, 6.45) is 0.989. The maximum Gasteiger partial charge on any atom is 0.160 e. The van der Waals surface area contributed by atoms with Crippen molar-refractivity contribution in [1.29, 1.82) is 0 Å². The summed E-state index contributed by atoms with van der Waals surface area (Å²) in [6, 6.07) is 5.70. The van der Waals surface area contributed by atoms with Crippen molar-refractivity contribution in [2.45, 2.75) is 32.9 Å². The zero-order valence-electron chi connectivity index (χ0n) is 12.4. The van der Waals surface area contributed by atoms with Gasteiger partial charge in [-0.1, -0.05) is 19.9 Å². The predicted octanol–water partition coefficient (Wildman–Crippen LogP) is 2.21. The molecule has 1 rings (SSSR count). The molecule has 0 amide bonds. The van der Waals surface area contributed by atoms with Crippen LogP contribution in [-0.2, 0) is 6.54 Å². The van der Waals surface area contributed by atoms with Gasteiger partial charge in [0.1, 0.15) is 0 Å². The molecule has 0 aromatic heterocycles. The average molecular weight is 266 g/mol. The number of benzene rings is 1. The Morgan fingerprint density at radius 1 is 1.37 bits per heavy atom. The Balaban J connectivity index is 2.50. The summed E-state index contributed by atoms with van der Waals surface area (Å²) < 4.78 is 5.11. The van der Waals surface area contributed by atoms with E-state index in [1.165, 1.54) is 0 Å². The number of methoxy groups -OCH3 is 1. The molecule has 1 atom stereocenters. The van der Waals surface area contributed by atoms with Crippen LogP contribution in [-0.4, -0.2) is 36.8 Å². The normalized spacial score (nSPS) is 13.0. The third-order valence-corrected chi connectivity index (χ3v) is 3.40. The van der Waals surface area contributed by atoms with Gasteiger partial charge in [-0.3, -0.25) is 0 Å². The molecule has 0 spiro atoms. The van der Waals surface area contributed by atoms with Crippen molar-refractivity contribution in [3.05, 3.63) is 23.8 Å². The van der Waals surface area contributed by atoms with Crippen molar-refractivity contribution in [2.24, 2.45) is 11.7 Å². The second-order valence-electron chi connectivity index (χ2n) is 5.44. The molecule has 19 heavy (non-hydrogen) atoms. The molecule has 0 aliphatic rings. The Kier molecular flexibility index (Phi) is 6.12. The summed E-state index contributed by atoms with van der Waals surface area (Å²) in [5.41, 5.74) is 7.16. The van der Waals surface area contributed by atoms with E-state index in [2.05, 4.69) is 25.8 Å². The van der Waals surface area contributed by atoms with E-state index in [1.54, 1.807) is 13.2 Å². The summed E-state index contributed by atoms with van der Waals surface area (Å²) in [4.78, 5) is 2.23. The SMILES string of the molecule is COc1cc(CN(C)CCC(N)C(C)C)ccc1O. The molecule has 0 aliphatic heterocycles. The molecule has 108 valence electrons. The van der Waals surface area contributed by atoms with Crippen molar-refractivity contribution in [3.63, 3.8) is 0 Å². The third-order valence-electron chi connectivity index (χ3n) is 3.40. The summed E-state index contributed by atoms with van der Waals surface area (Å²) >= 11 is 0. The second kappa shape index (κ2) is 7.36. The highest BCUT2D eigenvalue weighted by Crippen LogP contribution is 2.26. The van der Waals surface area contributed by atoms with E-state index in [1.807, 2.05) is 12.1 Å². The Morgan fingerprint density at radius 2 is 2.05 bits per heavy atom. The van der Waals surface area contributed by atoms with E-state index in [9.17, 15) is 5.11 Å². The Labute approximate surface area is 116 Å². The lowest BCUT2D eigenvalue weighted by Crippen LogP contribution is -2.31. The first-order valence-electron chi connectivity index (χ1n) is 6.74. The van der Waals surface area contributed by atoms with Crippen LogP contribution in [0.2, 0.25) is 0 Å². The smallest absolute Gasteiger partial charge is 0.160 e. The van der Waals surface area contributed by atoms with E-state index in [-0.39, 0.29) is 11.8 Å². The number of hydrogen-bond donors (Lipinski definition) is 2. The summed E-state index contributed by atoms with van der Waals surface area (Å²) in [5.74, 6) is 1.21. The quantitative estimate of drug-likeness (QED) is 0.794. The zero-order chi connectivity index (χ0) is 14.4. The fourth-order valence-electron chi connectivity index (χ4n) is 1.91. The number of phenols is 1. The number of aromatic hydroxyl groups is 1. The lowest BCUT2D eigenvalue weighted by Gasteiger charge is -2.21. The van der Waals surface area contributed by atoms with Crippen molar-refractivity contribution < 1.29 is 9.84 Å². The fraction of sp³-hybridized carbons (Fsp3) is 0.600. The standard InChI is InChI=1S/C15H26N2O2/c1-11(2)13(16)7-8-17(3)10-12-5-6-14(18)15(9-12)19-4/h5-6,9,11,13,18H,7-8,10,16H2,1-4H3. The maximum atomic E-state index is 9.55. The average Bonchev–Trinajstić information content (AvgIpc) is 2.38. The van der Waals surface area contributed by atoms with Gasteiger partial charge in [-0.05, 0) is 43.6 Å². The number of nitrogens with two attached hydrogens (primary N) is 1. The molecule has 0 heterocycles. The lowest BCUT2D eigenvalue weighted by molar-refractivity contribution is 0.295. The molecular weight excluding hydrogens is 240 g/mol. The Morgan fingerprint density at radius 3 is 2.63 bits per heavy atom. The fourth-order valence-corrected chi connectivity index (χ4v) is 1.91. The molecule has 0 saturated carbocycles. The molecule has 4 nitrogen and oxygen atoms in total. The zero-order valence-corrected chi connectivity index (χ0v) is 12.4. The highest BCUT2D eigenvalue weighted by atomic mass is 16.5. The summed E-state index contributed by atoms with van der Waals surface area (Å²) in [5, 5.41) is 9.55. The van der Waals surface area contributed by atoms with Gasteiger partial charge < -0.3 is 20.5 Å². The first-order valence-corrected chi connectivity index (χ1v) is 6.74. The van der Waals surface area contributed by atoms with Crippen LogP contribution in [0.3, 0.4) is 0 Å².